The maximum atomic E-state index is 13.6. The second kappa shape index (κ2) is 6.88. The van der Waals surface area contributed by atoms with Crippen LogP contribution in [0.15, 0.2) is 42.5 Å². The van der Waals surface area contributed by atoms with Gasteiger partial charge < -0.3 is 10.6 Å². The zero-order valence-corrected chi connectivity index (χ0v) is 12.2. The fraction of sp³-hybridized carbons (Fsp3) is 0.235. The molecule has 4 heteroatoms. The van der Waals surface area contributed by atoms with Gasteiger partial charge in [-0.1, -0.05) is 25.1 Å². The third-order valence-electron chi connectivity index (χ3n) is 3.11. The Morgan fingerprint density at radius 1 is 1.14 bits per heavy atom. The molecule has 0 aliphatic carbocycles. The minimum Gasteiger partial charge on any atom is -0.384 e. The molecule has 0 bridgehead atoms. The van der Waals surface area contributed by atoms with Crippen molar-refractivity contribution in [3.05, 3.63) is 59.4 Å². The van der Waals surface area contributed by atoms with Crippen molar-refractivity contribution in [2.24, 2.45) is 0 Å². The van der Waals surface area contributed by atoms with E-state index in [0.717, 1.165) is 24.2 Å². The molecule has 0 heterocycles. The zero-order valence-electron chi connectivity index (χ0n) is 12.2. The van der Waals surface area contributed by atoms with E-state index >= 15 is 0 Å². The summed E-state index contributed by atoms with van der Waals surface area (Å²) >= 11 is 0. The van der Waals surface area contributed by atoms with Crippen LogP contribution in [0.5, 0.6) is 0 Å². The molecule has 0 fully saturated rings. The van der Waals surface area contributed by atoms with Crippen LogP contribution in [0.3, 0.4) is 0 Å². The van der Waals surface area contributed by atoms with Gasteiger partial charge in [0.25, 0.3) is 5.91 Å². The predicted molar refractivity (Wildman–Crippen MR) is 84.3 cm³/mol. The van der Waals surface area contributed by atoms with Crippen molar-refractivity contribution < 1.29 is 9.18 Å². The van der Waals surface area contributed by atoms with E-state index in [-0.39, 0.29) is 11.6 Å². The second-order valence-corrected chi connectivity index (χ2v) is 4.91. The number of rotatable bonds is 5. The van der Waals surface area contributed by atoms with Gasteiger partial charge in [-0.25, -0.2) is 4.39 Å². The van der Waals surface area contributed by atoms with Crippen molar-refractivity contribution in [2.45, 2.75) is 20.3 Å². The van der Waals surface area contributed by atoms with E-state index in [2.05, 4.69) is 17.6 Å². The van der Waals surface area contributed by atoms with Crippen LogP contribution in [0.2, 0.25) is 0 Å². The van der Waals surface area contributed by atoms with Crippen LogP contribution >= 0.6 is 0 Å². The molecule has 2 rings (SSSR count). The van der Waals surface area contributed by atoms with E-state index in [1.165, 1.54) is 6.07 Å². The molecule has 0 spiro atoms. The number of carbonyl (C=O) groups excluding carboxylic acids is 1. The molecule has 0 saturated carbocycles. The number of halogens is 1. The predicted octanol–water partition coefficient (Wildman–Crippen LogP) is 4.21. The highest BCUT2D eigenvalue weighted by molar-refractivity contribution is 6.08. The first-order chi connectivity index (χ1) is 10.1. The quantitative estimate of drug-likeness (QED) is 0.864. The van der Waals surface area contributed by atoms with Gasteiger partial charge in [-0.3, -0.25) is 4.79 Å². The Labute approximate surface area is 124 Å². The van der Waals surface area contributed by atoms with Gasteiger partial charge in [0.15, 0.2) is 0 Å². The lowest BCUT2D eigenvalue weighted by atomic mass is 10.1. The third-order valence-corrected chi connectivity index (χ3v) is 3.11. The SMILES string of the molecule is CCCNc1cc(C)ccc1C(=O)Nc1ccccc1F. The molecule has 0 atom stereocenters. The molecule has 21 heavy (non-hydrogen) atoms. The van der Waals surface area contributed by atoms with Crippen molar-refractivity contribution in [1.29, 1.82) is 0 Å². The number of para-hydroxylation sites is 1. The molecule has 0 saturated heterocycles. The molecule has 1 amide bonds. The van der Waals surface area contributed by atoms with E-state index in [0.29, 0.717) is 5.56 Å². The monoisotopic (exact) mass is 286 g/mol. The topological polar surface area (TPSA) is 41.1 Å². The van der Waals surface area contributed by atoms with Gasteiger partial charge in [0.05, 0.1) is 11.3 Å². The molecule has 110 valence electrons. The first kappa shape index (κ1) is 15.0. The smallest absolute Gasteiger partial charge is 0.257 e. The molecule has 2 aromatic carbocycles. The van der Waals surface area contributed by atoms with Gasteiger partial charge in [-0.05, 0) is 43.2 Å². The summed E-state index contributed by atoms with van der Waals surface area (Å²) in [5.74, 6) is -0.764. The molecule has 0 unspecified atom stereocenters. The molecule has 3 nitrogen and oxygen atoms in total. The number of anilines is 2. The summed E-state index contributed by atoms with van der Waals surface area (Å²) < 4.78 is 13.6. The van der Waals surface area contributed by atoms with Crippen molar-refractivity contribution in [3.8, 4) is 0 Å². The summed E-state index contributed by atoms with van der Waals surface area (Å²) in [5, 5.41) is 5.84. The minimum atomic E-state index is -0.443. The van der Waals surface area contributed by atoms with Crippen molar-refractivity contribution in [2.75, 3.05) is 17.2 Å². The summed E-state index contributed by atoms with van der Waals surface area (Å²) in [5.41, 5.74) is 2.53. The zero-order chi connectivity index (χ0) is 15.2. The number of nitrogens with one attached hydrogen (secondary N) is 2. The normalized spacial score (nSPS) is 10.2. The first-order valence-corrected chi connectivity index (χ1v) is 7.02. The first-order valence-electron chi connectivity index (χ1n) is 7.02. The van der Waals surface area contributed by atoms with Crippen LogP contribution in [0.1, 0.15) is 29.3 Å². The maximum absolute atomic E-state index is 13.6. The largest absolute Gasteiger partial charge is 0.384 e. The highest BCUT2D eigenvalue weighted by Crippen LogP contribution is 2.20. The van der Waals surface area contributed by atoms with Crippen LogP contribution in [0.25, 0.3) is 0 Å². The summed E-state index contributed by atoms with van der Waals surface area (Å²) in [7, 11) is 0. The fourth-order valence-electron chi connectivity index (χ4n) is 2.01. The second-order valence-electron chi connectivity index (χ2n) is 4.91. The van der Waals surface area contributed by atoms with E-state index in [4.69, 9.17) is 0 Å². The van der Waals surface area contributed by atoms with Crippen molar-refractivity contribution in [1.82, 2.24) is 0 Å². The molecule has 0 aliphatic heterocycles. The van der Waals surface area contributed by atoms with Gasteiger partial charge >= 0.3 is 0 Å². The van der Waals surface area contributed by atoms with Gasteiger partial charge in [0.2, 0.25) is 0 Å². The van der Waals surface area contributed by atoms with Crippen molar-refractivity contribution >= 4 is 17.3 Å². The van der Waals surface area contributed by atoms with E-state index in [9.17, 15) is 9.18 Å². The van der Waals surface area contributed by atoms with Crippen LogP contribution in [0, 0.1) is 12.7 Å². The number of benzene rings is 2. The van der Waals surface area contributed by atoms with Gasteiger partial charge in [0, 0.05) is 12.2 Å². The van der Waals surface area contributed by atoms with Crippen LogP contribution < -0.4 is 10.6 Å². The fourth-order valence-corrected chi connectivity index (χ4v) is 2.01. The lowest BCUT2D eigenvalue weighted by Gasteiger charge is -2.13. The molecule has 2 aromatic rings. The van der Waals surface area contributed by atoms with E-state index < -0.39 is 5.82 Å². The number of hydrogen-bond acceptors (Lipinski definition) is 2. The number of carbonyl (C=O) groups is 1. The highest BCUT2D eigenvalue weighted by Gasteiger charge is 2.13. The Hall–Kier alpha value is -2.36. The Bertz CT molecular complexity index is 640. The summed E-state index contributed by atoms with van der Waals surface area (Å²) in [6.07, 6.45) is 0.961. The molecule has 2 N–H and O–H groups in total. The summed E-state index contributed by atoms with van der Waals surface area (Å²) in [6.45, 7) is 4.81. The number of amides is 1. The molecule has 0 aliphatic rings. The molecular weight excluding hydrogens is 267 g/mol. The lowest BCUT2D eigenvalue weighted by molar-refractivity contribution is 0.102. The lowest BCUT2D eigenvalue weighted by Crippen LogP contribution is -2.16. The molecular formula is C17H19FN2O. The van der Waals surface area contributed by atoms with Crippen LogP contribution in [-0.2, 0) is 0 Å². The highest BCUT2D eigenvalue weighted by atomic mass is 19.1. The van der Waals surface area contributed by atoms with Crippen LogP contribution in [0.4, 0.5) is 15.8 Å². The summed E-state index contributed by atoms with van der Waals surface area (Å²) in [4.78, 5) is 12.3. The van der Waals surface area contributed by atoms with Gasteiger partial charge in [-0.2, -0.15) is 0 Å². The van der Waals surface area contributed by atoms with Gasteiger partial charge in [0.1, 0.15) is 5.82 Å². The van der Waals surface area contributed by atoms with E-state index in [1.807, 2.05) is 19.1 Å². The molecule has 0 radical (unpaired) electrons. The molecule has 0 aromatic heterocycles. The Morgan fingerprint density at radius 3 is 2.62 bits per heavy atom. The summed E-state index contributed by atoms with van der Waals surface area (Å²) in [6, 6.07) is 11.7. The average Bonchev–Trinajstić information content (AvgIpc) is 2.47. The number of aryl methyl sites for hydroxylation is 1. The average molecular weight is 286 g/mol. The Kier molecular flexibility index (Phi) is 4.93. The maximum Gasteiger partial charge on any atom is 0.257 e. The Balaban J connectivity index is 2.24. The van der Waals surface area contributed by atoms with E-state index in [1.54, 1.807) is 24.3 Å². The van der Waals surface area contributed by atoms with Gasteiger partial charge in [-0.15, -0.1) is 0 Å². The Morgan fingerprint density at radius 2 is 1.90 bits per heavy atom. The number of hydrogen-bond donors (Lipinski definition) is 2. The van der Waals surface area contributed by atoms with Crippen LogP contribution in [-0.4, -0.2) is 12.5 Å². The van der Waals surface area contributed by atoms with Crippen molar-refractivity contribution in [3.63, 3.8) is 0 Å². The minimum absolute atomic E-state index is 0.185. The third kappa shape index (κ3) is 3.81. The standard InChI is InChI=1S/C17H19FN2O/c1-3-10-19-16-11-12(2)8-9-13(16)17(21)20-15-7-5-4-6-14(15)18/h4-9,11,19H,3,10H2,1-2H3,(H,20,21).